The molecule has 0 rings (SSSR count). The van der Waals surface area contributed by atoms with Gasteiger partial charge in [-0.15, -0.1) is 0 Å². The van der Waals surface area contributed by atoms with Crippen LogP contribution in [0.2, 0.25) is 0 Å². The number of rotatable bonds is 4. The molecule has 10 heavy (non-hydrogen) atoms. The first-order valence-corrected chi connectivity index (χ1v) is 6.73. The van der Waals surface area contributed by atoms with Gasteiger partial charge >= 0.3 is 0 Å². The van der Waals surface area contributed by atoms with Crippen molar-refractivity contribution in [3.8, 4) is 0 Å². The summed E-state index contributed by atoms with van der Waals surface area (Å²) in [4.78, 5) is 0. The molecule has 2 heteroatoms. The molecule has 0 aromatic heterocycles. The molecule has 1 unspecified atom stereocenters. The van der Waals surface area contributed by atoms with Crippen molar-refractivity contribution in [2.45, 2.75) is 26.7 Å². The Kier molecular flexibility index (Phi) is 8.30. The maximum Gasteiger partial charge on any atom is 0.0708 e. The average molecular weight is 237 g/mol. The normalized spacial score (nSPS) is 15.4. The smallest absolute Gasteiger partial charge is 0.0652 e. The largest absolute Gasteiger partial charge is 0.0708 e. The zero-order chi connectivity index (χ0) is 8.20. The number of hydrogen-bond acceptors (Lipinski definition) is 0. The van der Waals surface area contributed by atoms with Gasteiger partial charge in [0.25, 0.3) is 0 Å². The molecular weight excluding hydrogens is 216 g/mol. The predicted molar refractivity (Wildman–Crippen MR) is 49.1 cm³/mol. The zero-order valence-electron chi connectivity index (χ0n) is 8.72. The molecule has 0 amide bonds. The molecule has 0 nitrogen and oxygen atoms in total. The predicted octanol–water partition coefficient (Wildman–Crippen LogP) is 3.08. The molecule has 1 atom stereocenters. The maximum absolute atomic E-state index is 7.82. The van der Waals surface area contributed by atoms with Gasteiger partial charge in [0.1, 0.15) is 0 Å². The maximum atomic E-state index is 7.82. The van der Waals surface area contributed by atoms with Crippen LogP contribution in [0.5, 0.6) is 0 Å². The minimum absolute atomic E-state index is 0. The van der Waals surface area contributed by atoms with E-state index < -0.39 is 7.26 Å². The fourth-order valence-electron chi connectivity index (χ4n) is 0.608. The fraction of sp³-hybridized carbons (Fsp3) is 1.00. The molecule has 0 heterocycles. The zero-order valence-corrected chi connectivity index (χ0v) is 11.5. The minimum Gasteiger partial charge on any atom is -0.0652 e. The van der Waals surface area contributed by atoms with Gasteiger partial charge in [-0.05, 0) is 13.3 Å². The molecule has 0 N–H and O–H groups in total. The molecule has 0 saturated heterocycles. The Bertz CT molecular complexity index is 96.1. The van der Waals surface area contributed by atoms with Gasteiger partial charge in [-0.1, -0.05) is 13.3 Å². The first kappa shape index (κ1) is 11.5. The Morgan fingerprint density at radius 3 is 2.10 bits per heavy atom. The van der Waals surface area contributed by atoms with Crippen LogP contribution < -0.4 is 0 Å². The van der Waals surface area contributed by atoms with Crippen molar-refractivity contribution in [2.75, 3.05) is 25.6 Å². The Labute approximate surface area is 93.2 Å². The first-order valence-electron chi connectivity index (χ1n) is 4.37. The van der Waals surface area contributed by atoms with Gasteiger partial charge in [0, 0.05) is 53.3 Å². The summed E-state index contributed by atoms with van der Waals surface area (Å²) < 4.78 is 7.82. The van der Waals surface area contributed by atoms with Crippen LogP contribution in [0.4, 0.5) is 0 Å². The summed E-state index contributed by atoms with van der Waals surface area (Å²) >= 11 is 0. The van der Waals surface area contributed by atoms with E-state index >= 15 is 0 Å². The molecular formula is C8H20PY+. The molecule has 59 valence electrons. The van der Waals surface area contributed by atoms with E-state index in [1.54, 1.807) is 0 Å². The van der Waals surface area contributed by atoms with Gasteiger partial charge in [0.2, 0.25) is 0 Å². The standard InChI is InChI=1S/C8H20P.Y/c1-5-7-8-9(3,4)6-2;/h5-8H2,1-4H3;/q+1;/i8D;. The second-order valence-corrected chi connectivity index (χ2v) is 7.62. The molecule has 0 aliphatic heterocycles. The molecule has 0 aromatic carbocycles. The van der Waals surface area contributed by atoms with Crippen LogP contribution >= 0.6 is 7.26 Å². The summed E-state index contributed by atoms with van der Waals surface area (Å²) in [7, 11) is -0.864. The molecule has 0 aliphatic rings. The van der Waals surface area contributed by atoms with Crippen LogP contribution in [0, 0.1) is 0 Å². The second kappa shape index (κ2) is 7.20. The molecule has 0 aromatic rings. The third-order valence-corrected chi connectivity index (χ3v) is 4.60. The van der Waals surface area contributed by atoms with Gasteiger partial charge in [-0.25, -0.2) is 0 Å². The van der Waals surface area contributed by atoms with E-state index in [4.69, 9.17) is 1.37 Å². The van der Waals surface area contributed by atoms with E-state index in [1.165, 1.54) is 6.16 Å². The first-order chi connectivity index (χ1) is 4.54. The Morgan fingerprint density at radius 1 is 1.30 bits per heavy atom. The second-order valence-electron chi connectivity index (χ2n) is 3.07. The average Bonchev–Trinajstić information content (AvgIpc) is 1.89. The monoisotopic (exact) mass is 237 g/mol. The quantitative estimate of drug-likeness (QED) is 0.659. The van der Waals surface area contributed by atoms with E-state index in [9.17, 15) is 0 Å². The van der Waals surface area contributed by atoms with Crippen molar-refractivity contribution >= 4 is 7.26 Å². The molecule has 0 saturated carbocycles. The summed E-state index contributed by atoms with van der Waals surface area (Å²) in [6.45, 7) is 8.96. The molecule has 0 aliphatic carbocycles. The Hall–Kier alpha value is 1.53. The van der Waals surface area contributed by atoms with E-state index in [2.05, 4.69) is 27.2 Å². The third-order valence-electron chi connectivity index (χ3n) is 1.73. The van der Waals surface area contributed by atoms with Crippen LogP contribution in [0.3, 0.4) is 0 Å². The van der Waals surface area contributed by atoms with Gasteiger partial charge < -0.3 is 0 Å². The molecule has 0 fully saturated rings. The third kappa shape index (κ3) is 7.64. The molecule has 1 radical (unpaired) electrons. The SMILES string of the molecule is [2H]C(CCC)[P+](C)(C)CC.[Y]. The minimum atomic E-state index is -0.864. The molecule has 0 spiro atoms. The van der Waals surface area contributed by atoms with Crippen LogP contribution in [0.25, 0.3) is 0 Å². The summed E-state index contributed by atoms with van der Waals surface area (Å²) in [5, 5.41) is 0. The van der Waals surface area contributed by atoms with Crippen LogP contribution in [0.1, 0.15) is 28.1 Å². The fourth-order valence-corrected chi connectivity index (χ4v) is 1.82. The topological polar surface area (TPSA) is 0 Å². The van der Waals surface area contributed by atoms with Crippen LogP contribution in [-0.4, -0.2) is 25.6 Å². The summed E-state index contributed by atoms with van der Waals surface area (Å²) in [5.41, 5.74) is 0. The summed E-state index contributed by atoms with van der Waals surface area (Å²) in [6.07, 6.45) is 3.72. The molecule has 0 bridgehead atoms. The van der Waals surface area contributed by atoms with E-state index in [0.29, 0.717) is 0 Å². The van der Waals surface area contributed by atoms with Crippen LogP contribution in [0.15, 0.2) is 0 Å². The van der Waals surface area contributed by atoms with Gasteiger partial charge in [-0.2, -0.15) is 0 Å². The van der Waals surface area contributed by atoms with Gasteiger partial charge in [-0.3, -0.25) is 0 Å². The van der Waals surface area contributed by atoms with E-state index in [-0.39, 0.29) is 38.8 Å². The Morgan fingerprint density at radius 2 is 1.80 bits per heavy atom. The van der Waals surface area contributed by atoms with E-state index in [1.807, 2.05) is 0 Å². The van der Waals surface area contributed by atoms with Crippen molar-refractivity contribution in [1.82, 2.24) is 0 Å². The van der Waals surface area contributed by atoms with Crippen molar-refractivity contribution in [2.24, 2.45) is 0 Å². The summed E-state index contributed by atoms with van der Waals surface area (Å²) in [5.74, 6) is 0. The Balaban J connectivity index is 0. The van der Waals surface area contributed by atoms with Crippen LogP contribution in [-0.2, 0) is 32.7 Å². The summed E-state index contributed by atoms with van der Waals surface area (Å²) in [6, 6.07) is 0. The van der Waals surface area contributed by atoms with Crippen molar-refractivity contribution in [3.05, 3.63) is 0 Å². The van der Waals surface area contributed by atoms with Crippen molar-refractivity contribution < 1.29 is 34.1 Å². The van der Waals surface area contributed by atoms with Gasteiger partial charge in [0.15, 0.2) is 0 Å². The van der Waals surface area contributed by atoms with E-state index in [0.717, 1.165) is 12.8 Å². The van der Waals surface area contributed by atoms with Crippen molar-refractivity contribution in [3.63, 3.8) is 0 Å². The number of hydrogen-bond donors (Lipinski definition) is 0. The van der Waals surface area contributed by atoms with Crippen molar-refractivity contribution in [1.29, 1.82) is 0 Å². The van der Waals surface area contributed by atoms with Gasteiger partial charge in [0.05, 0.1) is 13.7 Å².